The van der Waals surface area contributed by atoms with Crippen LogP contribution >= 0.6 is 0 Å². The van der Waals surface area contributed by atoms with Gasteiger partial charge in [0, 0.05) is 17.8 Å². The highest BCUT2D eigenvalue weighted by atomic mass is 32.2. The average molecular weight is 399 g/mol. The first-order valence-electron chi connectivity index (χ1n) is 6.69. The third kappa shape index (κ3) is 4.43. The van der Waals surface area contributed by atoms with Crippen LogP contribution in [0.15, 0.2) is 46.2 Å². The van der Waals surface area contributed by atoms with Gasteiger partial charge in [-0.25, -0.2) is 8.42 Å². The van der Waals surface area contributed by atoms with Crippen molar-refractivity contribution in [2.45, 2.75) is 9.79 Å². The molecule has 0 aromatic heterocycles. The zero-order valence-corrected chi connectivity index (χ0v) is 14.4. The quantitative estimate of drug-likeness (QED) is 0.247. The zero-order chi connectivity index (χ0) is 19.7. The van der Waals surface area contributed by atoms with Gasteiger partial charge in [0.25, 0.3) is 15.8 Å². The van der Waals surface area contributed by atoms with Crippen molar-refractivity contribution in [2.75, 3.05) is 5.73 Å². The van der Waals surface area contributed by atoms with E-state index in [4.69, 9.17) is 5.73 Å². The first kappa shape index (κ1) is 19.5. The van der Waals surface area contributed by atoms with E-state index in [0.29, 0.717) is 6.07 Å². The number of non-ortho nitro benzene ring substituents is 1. The van der Waals surface area contributed by atoms with E-state index in [2.05, 4.69) is 0 Å². The molecule has 0 bridgehead atoms. The number of hydrogen-bond donors (Lipinski definition) is 2. The van der Waals surface area contributed by atoms with E-state index in [-0.39, 0.29) is 16.8 Å². The van der Waals surface area contributed by atoms with Gasteiger partial charge in [-0.15, -0.1) is 0 Å². The molecule has 0 atom stereocenters. The van der Waals surface area contributed by atoms with Gasteiger partial charge in [0.15, 0.2) is 0 Å². The molecule has 0 aliphatic carbocycles. The number of hydrogen-bond acceptors (Lipinski definition) is 8. The molecule has 2 rings (SSSR count). The average Bonchev–Trinajstić information content (AvgIpc) is 2.51. The molecule has 2 aromatic rings. The topological polar surface area (TPSA) is 181 Å². The summed E-state index contributed by atoms with van der Waals surface area (Å²) in [5.74, 6) is 0. The number of nitro benzene ring substituents is 1. The Labute approximate surface area is 148 Å². The molecule has 3 N–H and O–H groups in total. The molecular weight excluding hydrogens is 388 g/mol. The fourth-order valence-electron chi connectivity index (χ4n) is 2.08. The van der Waals surface area contributed by atoms with Crippen molar-refractivity contribution >= 4 is 43.8 Å². The molecule has 0 saturated carbocycles. The summed E-state index contributed by atoms with van der Waals surface area (Å²) < 4.78 is 66.1. The standard InChI is InChI=1S/C14H12N2O8S2/c15-11-5-3-9(13(7-11)25(19,20)21)1-2-10-4-6-12(16(17)18)8-14(10)26(22,23)24/h1-8H,15H2,(H,19,20,21)(H,22,23,24)/p-1. The summed E-state index contributed by atoms with van der Waals surface area (Å²) >= 11 is 0. The zero-order valence-electron chi connectivity index (χ0n) is 12.8. The minimum atomic E-state index is -4.86. The lowest BCUT2D eigenvalue weighted by Gasteiger charge is -2.11. The fourth-order valence-corrected chi connectivity index (χ4v) is 3.49. The Bertz CT molecular complexity index is 1120. The first-order valence-corrected chi connectivity index (χ1v) is 9.54. The Hall–Kier alpha value is -2.80. The second-order valence-electron chi connectivity index (χ2n) is 5.04. The van der Waals surface area contributed by atoms with Crippen LogP contribution in [0.3, 0.4) is 0 Å². The van der Waals surface area contributed by atoms with E-state index in [1.54, 1.807) is 0 Å². The molecule has 0 saturated heterocycles. The molecule has 26 heavy (non-hydrogen) atoms. The monoisotopic (exact) mass is 399 g/mol. The lowest BCUT2D eigenvalue weighted by Crippen LogP contribution is -2.03. The number of anilines is 1. The largest absolute Gasteiger partial charge is 0.744 e. The molecule has 0 aliphatic rings. The van der Waals surface area contributed by atoms with Crippen LogP contribution < -0.4 is 5.73 Å². The minimum absolute atomic E-state index is 0.0329. The Morgan fingerprint density at radius 1 is 0.962 bits per heavy atom. The smallest absolute Gasteiger partial charge is 0.295 e. The molecule has 138 valence electrons. The van der Waals surface area contributed by atoms with Gasteiger partial charge in [-0.1, -0.05) is 18.2 Å². The van der Waals surface area contributed by atoms with Gasteiger partial charge in [0.05, 0.1) is 9.82 Å². The van der Waals surface area contributed by atoms with Gasteiger partial charge >= 0.3 is 0 Å². The van der Waals surface area contributed by atoms with Crippen LogP contribution in [0.4, 0.5) is 11.4 Å². The summed E-state index contributed by atoms with van der Waals surface area (Å²) in [6.45, 7) is 0. The summed E-state index contributed by atoms with van der Waals surface area (Å²) in [7, 11) is -9.65. The third-order valence-corrected chi connectivity index (χ3v) is 5.04. The van der Waals surface area contributed by atoms with Crippen molar-refractivity contribution < 1.29 is 30.9 Å². The molecule has 0 fully saturated rings. The molecule has 10 nitrogen and oxygen atoms in total. The maximum Gasteiger partial charge on any atom is 0.295 e. The van der Waals surface area contributed by atoms with Crippen molar-refractivity contribution in [3.8, 4) is 0 Å². The number of benzene rings is 2. The highest BCUT2D eigenvalue weighted by Crippen LogP contribution is 2.26. The van der Waals surface area contributed by atoms with Crippen molar-refractivity contribution in [2.24, 2.45) is 0 Å². The molecule has 0 spiro atoms. The van der Waals surface area contributed by atoms with Crippen LogP contribution in [0, 0.1) is 10.1 Å². The van der Waals surface area contributed by atoms with Crippen LogP contribution in [0.2, 0.25) is 0 Å². The van der Waals surface area contributed by atoms with Crippen LogP contribution in [-0.2, 0) is 20.2 Å². The number of rotatable bonds is 5. The van der Waals surface area contributed by atoms with Gasteiger partial charge in [0.2, 0.25) is 0 Å². The van der Waals surface area contributed by atoms with Gasteiger partial charge < -0.3 is 10.3 Å². The molecule has 0 unspecified atom stereocenters. The van der Waals surface area contributed by atoms with E-state index in [0.717, 1.165) is 30.4 Å². The summed E-state index contributed by atoms with van der Waals surface area (Å²) in [5, 5.41) is 10.8. The lowest BCUT2D eigenvalue weighted by molar-refractivity contribution is -0.385. The van der Waals surface area contributed by atoms with E-state index < -0.39 is 40.6 Å². The van der Waals surface area contributed by atoms with Crippen molar-refractivity contribution in [3.63, 3.8) is 0 Å². The maximum absolute atomic E-state index is 11.4. The molecule has 0 aliphatic heterocycles. The Kier molecular flexibility index (Phi) is 5.13. The van der Waals surface area contributed by atoms with Crippen LogP contribution in [0.25, 0.3) is 12.2 Å². The Balaban J connectivity index is 2.61. The fraction of sp³-hybridized carbons (Fsp3) is 0. The minimum Gasteiger partial charge on any atom is -0.744 e. The Morgan fingerprint density at radius 2 is 1.50 bits per heavy atom. The van der Waals surface area contributed by atoms with E-state index in [9.17, 15) is 36.1 Å². The molecule has 2 aromatic carbocycles. The van der Waals surface area contributed by atoms with Crippen molar-refractivity contribution in [1.29, 1.82) is 0 Å². The van der Waals surface area contributed by atoms with Crippen LogP contribution in [-0.4, -0.2) is 30.9 Å². The summed E-state index contributed by atoms with van der Waals surface area (Å²) in [6.07, 6.45) is 2.20. The van der Waals surface area contributed by atoms with Crippen LogP contribution in [0.1, 0.15) is 11.1 Å². The number of nitrogens with zero attached hydrogens (tertiary/aromatic N) is 1. The second kappa shape index (κ2) is 6.84. The highest BCUT2D eigenvalue weighted by Gasteiger charge is 2.19. The van der Waals surface area contributed by atoms with Crippen molar-refractivity contribution in [1.82, 2.24) is 0 Å². The molecule has 0 amide bonds. The van der Waals surface area contributed by atoms with Crippen LogP contribution in [0.5, 0.6) is 0 Å². The van der Waals surface area contributed by atoms with E-state index in [1.165, 1.54) is 12.1 Å². The molecule has 0 radical (unpaired) electrons. The summed E-state index contributed by atoms with van der Waals surface area (Å²) in [6, 6.07) is 6.22. The van der Waals surface area contributed by atoms with Gasteiger partial charge in [0.1, 0.15) is 15.0 Å². The lowest BCUT2D eigenvalue weighted by atomic mass is 10.1. The number of nitrogens with two attached hydrogens (primary N) is 1. The molecular formula is C14H11N2O8S2-. The normalized spacial score (nSPS) is 12.4. The van der Waals surface area contributed by atoms with Gasteiger partial charge in [-0.05, 0) is 29.3 Å². The second-order valence-corrected chi connectivity index (χ2v) is 7.78. The van der Waals surface area contributed by atoms with E-state index >= 15 is 0 Å². The first-order chi connectivity index (χ1) is 11.9. The third-order valence-electron chi connectivity index (χ3n) is 3.24. The number of nitro groups is 1. The number of nitrogen functional groups attached to an aromatic ring is 1. The molecule has 0 heterocycles. The highest BCUT2D eigenvalue weighted by molar-refractivity contribution is 7.86. The Morgan fingerprint density at radius 3 is 2.00 bits per heavy atom. The van der Waals surface area contributed by atoms with Gasteiger partial charge in [-0.2, -0.15) is 8.42 Å². The van der Waals surface area contributed by atoms with Gasteiger partial charge in [-0.3, -0.25) is 14.7 Å². The van der Waals surface area contributed by atoms with Crippen molar-refractivity contribution in [3.05, 3.63) is 57.6 Å². The summed E-state index contributed by atoms with van der Waals surface area (Å²) in [4.78, 5) is 8.55. The molecule has 12 heteroatoms. The van der Waals surface area contributed by atoms with E-state index in [1.807, 2.05) is 0 Å². The SMILES string of the molecule is Nc1ccc(C=Cc2ccc([N+](=O)[O-])cc2S(=O)(=O)O)c(S(=O)(=O)[O-])c1. The summed E-state index contributed by atoms with van der Waals surface area (Å²) in [5.41, 5.74) is 4.70. The predicted molar refractivity (Wildman–Crippen MR) is 90.7 cm³/mol. The predicted octanol–water partition coefficient (Wildman–Crippen LogP) is 1.50. The maximum atomic E-state index is 11.4.